The van der Waals surface area contributed by atoms with Crippen LogP contribution in [0.25, 0.3) is 11.3 Å². The summed E-state index contributed by atoms with van der Waals surface area (Å²) in [7, 11) is 0. The molecular formula is C16H17NOS. The maximum Gasteiger partial charge on any atom is 0.142 e. The Kier molecular flexibility index (Phi) is 3.47. The van der Waals surface area contributed by atoms with Gasteiger partial charge >= 0.3 is 0 Å². The van der Waals surface area contributed by atoms with Crippen molar-refractivity contribution < 1.29 is 4.79 Å². The number of Topliss-reactive ketones (excluding diaryl/α,β-unsaturated/α-hetero) is 1. The lowest BCUT2D eigenvalue weighted by molar-refractivity contribution is -0.122. The zero-order chi connectivity index (χ0) is 13.2. The highest BCUT2D eigenvalue weighted by molar-refractivity contribution is 7.10. The first-order valence-corrected chi connectivity index (χ1v) is 7.64. The van der Waals surface area contributed by atoms with Crippen LogP contribution in [0.2, 0.25) is 0 Å². The molecule has 0 spiro atoms. The Morgan fingerprint density at radius 3 is 2.79 bits per heavy atom. The van der Waals surface area contributed by atoms with Gasteiger partial charge < -0.3 is 0 Å². The van der Waals surface area contributed by atoms with Crippen LogP contribution in [-0.4, -0.2) is 10.8 Å². The molecule has 0 aliphatic heterocycles. The number of carbonyl (C=O) groups excluding carboxylic acids is 1. The van der Waals surface area contributed by atoms with Gasteiger partial charge in [0.15, 0.2) is 0 Å². The summed E-state index contributed by atoms with van der Waals surface area (Å²) < 4.78 is 0. The second-order valence-corrected chi connectivity index (χ2v) is 6.20. The highest BCUT2D eigenvalue weighted by atomic mass is 32.1. The molecule has 1 aliphatic carbocycles. The van der Waals surface area contributed by atoms with Gasteiger partial charge in [-0.05, 0) is 18.8 Å². The van der Waals surface area contributed by atoms with Crippen LogP contribution in [0.1, 0.15) is 24.8 Å². The molecule has 0 bridgehead atoms. The molecule has 3 rings (SSSR count). The van der Waals surface area contributed by atoms with E-state index in [9.17, 15) is 4.79 Å². The first kappa shape index (κ1) is 12.5. The molecule has 1 aromatic heterocycles. The first-order chi connectivity index (χ1) is 9.24. The van der Waals surface area contributed by atoms with E-state index >= 15 is 0 Å². The lowest BCUT2D eigenvalue weighted by atomic mass is 9.99. The molecule has 1 saturated carbocycles. The molecule has 3 heteroatoms. The molecule has 0 amide bonds. The monoisotopic (exact) mass is 271 g/mol. The molecule has 1 atom stereocenters. The molecule has 0 radical (unpaired) electrons. The van der Waals surface area contributed by atoms with Gasteiger partial charge in [-0.1, -0.05) is 37.3 Å². The average molecular weight is 271 g/mol. The molecule has 98 valence electrons. The van der Waals surface area contributed by atoms with E-state index in [1.54, 1.807) is 11.3 Å². The summed E-state index contributed by atoms with van der Waals surface area (Å²) in [4.78, 5) is 16.7. The third-order valence-corrected chi connectivity index (χ3v) is 4.63. The quantitative estimate of drug-likeness (QED) is 0.823. The van der Waals surface area contributed by atoms with Gasteiger partial charge in [-0.2, -0.15) is 0 Å². The number of rotatable bonds is 5. The minimum Gasteiger partial charge on any atom is -0.299 e. The van der Waals surface area contributed by atoms with E-state index in [-0.39, 0.29) is 5.92 Å². The van der Waals surface area contributed by atoms with Crippen LogP contribution >= 0.6 is 11.3 Å². The lowest BCUT2D eigenvalue weighted by Crippen LogP contribution is -2.15. The van der Waals surface area contributed by atoms with Crippen molar-refractivity contribution in [2.24, 2.45) is 11.8 Å². The zero-order valence-corrected chi connectivity index (χ0v) is 11.8. The van der Waals surface area contributed by atoms with E-state index in [4.69, 9.17) is 0 Å². The maximum absolute atomic E-state index is 12.1. The average Bonchev–Trinajstić information content (AvgIpc) is 3.19. The molecule has 19 heavy (non-hydrogen) atoms. The Hall–Kier alpha value is -1.48. The predicted octanol–water partition coefficient (Wildman–Crippen LogP) is 3.97. The van der Waals surface area contributed by atoms with Gasteiger partial charge in [0, 0.05) is 16.9 Å². The van der Waals surface area contributed by atoms with Crippen LogP contribution in [0.5, 0.6) is 0 Å². The van der Waals surface area contributed by atoms with Crippen LogP contribution < -0.4 is 0 Å². The SMILES string of the molecule is CC(C(=O)Cc1nc(-c2ccccc2)cs1)C1CC1. The Balaban J connectivity index is 1.69. The summed E-state index contributed by atoms with van der Waals surface area (Å²) in [5, 5.41) is 2.98. The van der Waals surface area contributed by atoms with Gasteiger partial charge in [0.25, 0.3) is 0 Å². The molecule has 0 saturated heterocycles. The van der Waals surface area contributed by atoms with Crippen molar-refractivity contribution in [2.45, 2.75) is 26.2 Å². The predicted molar refractivity (Wildman–Crippen MR) is 78.1 cm³/mol. The van der Waals surface area contributed by atoms with E-state index in [1.165, 1.54) is 12.8 Å². The van der Waals surface area contributed by atoms with Crippen LogP contribution in [0.3, 0.4) is 0 Å². The largest absolute Gasteiger partial charge is 0.299 e. The standard InChI is InChI=1S/C16H17NOS/c1-11(12-7-8-12)15(18)9-16-17-14(10-19-16)13-5-3-2-4-6-13/h2-6,10-12H,7-9H2,1H3. The molecule has 1 fully saturated rings. The Bertz CT molecular complexity index is 571. The molecule has 1 aliphatic rings. The van der Waals surface area contributed by atoms with Crippen molar-refractivity contribution in [1.82, 2.24) is 4.98 Å². The zero-order valence-electron chi connectivity index (χ0n) is 11.0. The van der Waals surface area contributed by atoms with Gasteiger partial charge in [-0.3, -0.25) is 4.79 Å². The summed E-state index contributed by atoms with van der Waals surface area (Å²) in [5.41, 5.74) is 2.10. The van der Waals surface area contributed by atoms with E-state index in [1.807, 2.05) is 35.7 Å². The lowest BCUT2D eigenvalue weighted by Gasteiger charge is -2.06. The fourth-order valence-electron chi connectivity index (χ4n) is 2.30. The van der Waals surface area contributed by atoms with Gasteiger partial charge in [-0.15, -0.1) is 11.3 Å². The van der Waals surface area contributed by atoms with Crippen molar-refractivity contribution in [3.8, 4) is 11.3 Å². The smallest absolute Gasteiger partial charge is 0.142 e. The topological polar surface area (TPSA) is 30.0 Å². The summed E-state index contributed by atoms with van der Waals surface area (Å²) in [6.45, 7) is 2.06. The van der Waals surface area contributed by atoms with Crippen molar-refractivity contribution >= 4 is 17.1 Å². The Morgan fingerprint density at radius 1 is 1.37 bits per heavy atom. The van der Waals surface area contributed by atoms with Crippen molar-refractivity contribution in [1.29, 1.82) is 0 Å². The number of nitrogens with zero attached hydrogens (tertiary/aromatic N) is 1. The molecular weight excluding hydrogens is 254 g/mol. The van der Waals surface area contributed by atoms with Gasteiger partial charge in [0.2, 0.25) is 0 Å². The van der Waals surface area contributed by atoms with E-state index in [2.05, 4.69) is 11.9 Å². The summed E-state index contributed by atoms with van der Waals surface area (Å²) in [6, 6.07) is 10.1. The number of ketones is 1. The molecule has 1 unspecified atom stereocenters. The van der Waals surface area contributed by atoms with Crippen LogP contribution in [0, 0.1) is 11.8 Å². The Labute approximate surface area is 117 Å². The number of hydrogen-bond acceptors (Lipinski definition) is 3. The van der Waals surface area contributed by atoms with Crippen LogP contribution in [-0.2, 0) is 11.2 Å². The van der Waals surface area contributed by atoms with Gasteiger partial charge in [0.05, 0.1) is 12.1 Å². The fraction of sp³-hybridized carbons (Fsp3) is 0.375. The highest BCUT2D eigenvalue weighted by Gasteiger charge is 2.32. The number of hydrogen-bond donors (Lipinski definition) is 0. The van der Waals surface area contributed by atoms with E-state index in [0.717, 1.165) is 16.3 Å². The summed E-state index contributed by atoms with van der Waals surface area (Å²) in [5.74, 6) is 1.20. The number of carbonyl (C=O) groups is 1. The minimum atomic E-state index is 0.212. The van der Waals surface area contributed by atoms with Crippen molar-refractivity contribution in [2.75, 3.05) is 0 Å². The molecule has 1 aromatic carbocycles. The second-order valence-electron chi connectivity index (χ2n) is 5.26. The fourth-order valence-corrected chi connectivity index (χ4v) is 3.12. The molecule has 0 N–H and O–H groups in total. The van der Waals surface area contributed by atoms with Crippen LogP contribution in [0.4, 0.5) is 0 Å². The summed E-state index contributed by atoms with van der Waals surface area (Å²) >= 11 is 1.59. The third-order valence-electron chi connectivity index (χ3n) is 3.78. The Morgan fingerprint density at radius 2 is 2.11 bits per heavy atom. The van der Waals surface area contributed by atoms with Crippen LogP contribution in [0.15, 0.2) is 35.7 Å². The maximum atomic E-state index is 12.1. The van der Waals surface area contributed by atoms with Gasteiger partial charge in [-0.25, -0.2) is 4.98 Å². The number of benzene rings is 1. The minimum absolute atomic E-state index is 0.212. The molecule has 2 aromatic rings. The van der Waals surface area contributed by atoms with E-state index < -0.39 is 0 Å². The highest BCUT2D eigenvalue weighted by Crippen LogP contribution is 2.37. The third kappa shape index (κ3) is 2.92. The molecule has 2 nitrogen and oxygen atoms in total. The first-order valence-electron chi connectivity index (χ1n) is 6.76. The van der Waals surface area contributed by atoms with Crippen molar-refractivity contribution in [3.05, 3.63) is 40.7 Å². The second kappa shape index (κ2) is 5.25. The summed E-state index contributed by atoms with van der Waals surface area (Å²) in [6.07, 6.45) is 2.94. The molecule has 1 heterocycles. The van der Waals surface area contributed by atoms with Crippen molar-refractivity contribution in [3.63, 3.8) is 0 Å². The normalized spacial score (nSPS) is 16.3. The number of thiazole rings is 1. The number of aromatic nitrogens is 1. The van der Waals surface area contributed by atoms with Gasteiger partial charge in [0.1, 0.15) is 10.8 Å². The van der Waals surface area contributed by atoms with E-state index in [0.29, 0.717) is 18.1 Å².